The zero-order chi connectivity index (χ0) is 12.2. The third kappa shape index (κ3) is 3.36. The molecule has 0 heterocycles. The molecule has 2 atom stereocenters. The predicted octanol–water partition coefficient (Wildman–Crippen LogP) is 0.879. The first-order valence-electron chi connectivity index (χ1n) is 4.57. The molecule has 0 radical (unpaired) electrons. The van der Waals surface area contributed by atoms with Crippen molar-refractivity contribution in [3.63, 3.8) is 0 Å². The van der Waals surface area contributed by atoms with Gasteiger partial charge in [0.2, 0.25) is 0 Å². The molecule has 0 aliphatic heterocycles. The topological polar surface area (TPSA) is 94.8 Å². The average Bonchev–Trinajstić information content (AvgIpc) is 2.12. The van der Waals surface area contributed by atoms with Crippen LogP contribution >= 0.6 is 0 Å². The van der Waals surface area contributed by atoms with Gasteiger partial charge in [0, 0.05) is 5.57 Å². The van der Waals surface area contributed by atoms with E-state index in [4.69, 9.17) is 10.2 Å². The highest BCUT2D eigenvalue weighted by Gasteiger charge is 2.37. The van der Waals surface area contributed by atoms with Crippen LogP contribution < -0.4 is 0 Å². The van der Waals surface area contributed by atoms with Gasteiger partial charge in [-0.3, -0.25) is 0 Å². The standard InChI is InChI=1S/C10H16O5/c1-4-7(8(11)12)5-6(2)10(3,15)9(13)14/h4,6,15H,5H2,1-3H3,(H,11,12)(H,13,14)/b7-4-. The Hall–Kier alpha value is -1.36. The lowest BCUT2D eigenvalue weighted by atomic mass is 9.85. The summed E-state index contributed by atoms with van der Waals surface area (Å²) in [6, 6.07) is 0. The van der Waals surface area contributed by atoms with E-state index in [1.54, 1.807) is 6.92 Å². The maximum atomic E-state index is 10.7. The molecule has 5 heteroatoms. The SMILES string of the molecule is C/C=C(/CC(C)C(C)(O)C(=O)O)C(=O)O. The summed E-state index contributed by atoms with van der Waals surface area (Å²) in [5.74, 6) is -3.11. The van der Waals surface area contributed by atoms with Gasteiger partial charge in [0.1, 0.15) is 0 Å². The minimum absolute atomic E-state index is 0.0190. The van der Waals surface area contributed by atoms with Crippen molar-refractivity contribution in [3.05, 3.63) is 11.6 Å². The molecule has 0 saturated heterocycles. The van der Waals surface area contributed by atoms with E-state index in [1.165, 1.54) is 13.0 Å². The Labute approximate surface area is 88.0 Å². The van der Waals surface area contributed by atoms with Crippen LogP contribution in [0.5, 0.6) is 0 Å². The van der Waals surface area contributed by atoms with Crippen molar-refractivity contribution in [2.45, 2.75) is 32.8 Å². The molecule has 0 aliphatic rings. The third-order valence-corrected chi connectivity index (χ3v) is 2.54. The van der Waals surface area contributed by atoms with Crippen LogP contribution in [0.3, 0.4) is 0 Å². The summed E-state index contributed by atoms with van der Waals surface area (Å²) in [4.78, 5) is 21.4. The van der Waals surface area contributed by atoms with Gasteiger partial charge in [-0.2, -0.15) is 0 Å². The molecule has 0 aromatic heterocycles. The molecule has 2 unspecified atom stereocenters. The second-order valence-corrected chi connectivity index (χ2v) is 3.68. The van der Waals surface area contributed by atoms with Crippen LogP contribution in [-0.4, -0.2) is 32.9 Å². The van der Waals surface area contributed by atoms with Gasteiger partial charge in [-0.05, 0) is 26.2 Å². The molecule has 0 fully saturated rings. The number of rotatable bonds is 5. The van der Waals surface area contributed by atoms with Gasteiger partial charge in [0.15, 0.2) is 5.60 Å². The minimum Gasteiger partial charge on any atom is -0.479 e. The van der Waals surface area contributed by atoms with Crippen LogP contribution in [0.4, 0.5) is 0 Å². The van der Waals surface area contributed by atoms with Crippen LogP contribution in [0.1, 0.15) is 27.2 Å². The molecule has 0 bridgehead atoms. The van der Waals surface area contributed by atoms with Crippen molar-refractivity contribution in [1.29, 1.82) is 0 Å². The second-order valence-electron chi connectivity index (χ2n) is 3.68. The highest BCUT2D eigenvalue weighted by Crippen LogP contribution is 2.24. The van der Waals surface area contributed by atoms with E-state index in [9.17, 15) is 14.7 Å². The molecule has 5 nitrogen and oxygen atoms in total. The van der Waals surface area contributed by atoms with Crippen molar-refractivity contribution in [2.75, 3.05) is 0 Å². The lowest BCUT2D eigenvalue weighted by Crippen LogP contribution is -2.42. The molecule has 0 saturated carbocycles. The molecule has 15 heavy (non-hydrogen) atoms. The second kappa shape index (κ2) is 4.93. The van der Waals surface area contributed by atoms with E-state index in [2.05, 4.69) is 0 Å². The lowest BCUT2D eigenvalue weighted by Gasteiger charge is -2.25. The fourth-order valence-corrected chi connectivity index (χ4v) is 1.07. The minimum atomic E-state index is -1.91. The number of allylic oxidation sites excluding steroid dienone is 1. The number of hydrogen-bond acceptors (Lipinski definition) is 3. The van der Waals surface area contributed by atoms with E-state index >= 15 is 0 Å². The molecule has 86 valence electrons. The van der Waals surface area contributed by atoms with E-state index in [1.807, 2.05) is 0 Å². The summed E-state index contributed by atoms with van der Waals surface area (Å²) in [7, 11) is 0. The number of aliphatic carboxylic acids is 2. The number of carboxylic acids is 2. The normalized spacial score (nSPS) is 18.0. The maximum absolute atomic E-state index is 10.7. The summed E-state index contributed by atoms with van der Waals surface area (Å²) >= 11 is 0. The number of aliphatic hydroxyl groups is 1. The Bertz CT molecular complexity index is 290. The summed E-state index contributed by atoms with van der Waals surface area (Å²) in [6.07, 6.45) is 1.42. The zero-order valence-corrected chi connectivity index (χ0v) is 9.02. The highest BCUT2D eigenvalue weighted by molar-refractivity contribution is 5.86. The number of carbonyl (C=O) groups is 2. The van der Waals surface area contributed by atoms with Gasteiger partial charge in [0.05, 0.1) is 0 Å². The van der Waals surface area contributed by atoms with Gasteiger partial charge in [-0.25, -0.2) is 9.59 Å². The fraction of sp³-hybridized carbons (Fsp3) is 0.600. The molecule has 0 amide bonds. The average molecular weight is 216 g/mol. The molecule has 3 N–H and O–H groups in total. The Balaban J connectivity index is 4.69. The molecular formula is C10H16O5. The van der Waals surface area contributed by atoms with E-state index in [0.29, 0.717) is 0 Å². The summed E-state index contributed by atoms with van der Waals surface area (Å²) in [6.45, 7) is 4.22. The zero-order valence-electron chi connectivity index (χ0n) is 9.02. The first-order chi connectivity index (χ1) is 6.73. The van der Waals surface area contributed by atoms with Crippen molar-refractivity contribution >= 4 is 11.9 Å². The van der Waals surface area contributed by atoms with Crippen LogP contribution in [0.2, 0.25) is 0 Å². The number of carboxylic acid groups (broad SMARTS) is 2. The summed E-state index contributed by atoms with van der Waals surface area (Å²) < 4.78 is 0. The number of hydrogen-bond donors (Lipinski definition) is 3. The van der Waals surface area contributed by atoms with Crippen LogP contribution in [-0.2, 0) is 9.59 Å². The van der Waals surface area contributed by atoms with Crippen LogP contribution in [0, 0.1) is 5.92 Å². The Morgan fingerprint density at radius 1 is 1.40 bits per heavy atom. The summed E-state index contributed by atoms with van der Waals surface area (Å²) in [5, 5.41) is 27.0. The molecule has 0 aliphatic carbocycles. The molecular weight excluding hydrogens is 200 g/mol. The van der Waals surface area contributed by atoms with Crippen molar-refractivity contribution in [2.24, 2.45) is 5.92 Å². The van der Waals surface area contributed by atoms with Crippen molar-refractivity contribution < 1.29 is 24.9 Å². The Morgan fingerprint density at radius 2 is 1.87 bits per heavy atom. The van der Waals surface area contributed by atoms with Gasteiger partial charge in [-0.15, -0.1) is 0 Å². The van der Waals surface area contributed by atoms with Gasteiger partial charge >= 0.3 is 11.9 Å². The predicted molar refractivity (Wildman–Crippen MR) is 53.4 cm³/mol. The van der Waals surface area contributed by atoms with Crippen LogP contribution in [0.15, 0.2) is 11.6 Å². The Morgan fingerprint density at radius 3 is 2.13 bits per heavy atom. The largest absolute Gasteiger partial charge is 0.479 e. The first-order valence-corrected chi connectivity index (χ1v) is 4.57. The van der Waals surface area contributed by atoms with Gasteiger partial charge in [0.25, 0.3) is 0 Å². The molecule has 0 aromatic rings. The first kappa shape index (κ1) is 13.6. The van der Waals surface area contributed by atoms with E-state index < -0.39 is 23.5 Å². The van der Waals surface area contributed by atoms with Gasteiger partial charge < -0.3 is 15.3 Å². The third-order valence-electron chi connectivity index (χ3n) is 2.54. The monoisotopic (exact) mass is 216 g/mol. The summed E-state index contributed by atoms with van der Waals surface area (Å²) in [5.41, 5.74) is -1.81. The van der Waals surface area contributed by atoms with Gasteiger partial charge in [-0.1, -0.05) is 13.0 Å². The quantitative estimate of drug-likeness (QED) is 0.593. The van der Waals surface area contributed by atoms with E-state index in [0.717, 1.165) is 6.92 Å². The highest BCUT2D eigenvalue weighted by atomic mass is 16.4. The van der Waals surface area contributed by atoms with E-state index in [-0.39, 0.29) is 12.0 Å². The Kier molecular flexibility index (Phi) is 4.48. The van der Waals surface area contributed by atoms with Crippen LogP contribution in [0.25, 0.3) is 0 Å². The molecule has 0 rings (SSSR count). The van der Waals surface area contributed by atoms with Crippen molar-refractivity contribution in [1.82, 2.24) is 0 Å². The fourth-order valence-electron chi connectivity index (χ4n) is 1.07. The molecule has 0 spiro atoms. The van der Waals surface area contributed by atoms with Crippen molar-refractivity contribution in [3.8, 4) is 0 Å². The molecule has 0 aromatic carbocycles. The smallest absolute Gasteiger partial charge is 0.335 e. The lowest BCUT2D eigenvalue weighted by molar-refractivity contribution is -0.162. The maximum Gasteiger partial charge on any atom is 0.335 e.